The van der Waals surface area contributed by atoms with Gasteiger partial charge in [-0.05, 0) is 74.7 Å². The monoisotopic (exact) mass is 400 g/mol. The molecule has 0 bridgehead atoms. The van der Waals surface area contributed by atoms with E-state index in [0.717, 1.165) is 17.7 Å². The van der Waals surface area contributed by atoms with Gasteiger partial charge in [0.1, 0.15) is 5.75 Å². The summed E-state index contributed by atoms with van der Waals surface area (Å²) in [7, 11) is 0. The molecule has 1 amide bonds. The molecule has 5 heteroatoms. The molecular weight excluding hydrogens is 372 g/mol. The third kappa shape index (κ3) is 5.98. The van der Waals surface area contributed by atoms with Crippen molar-refractivity contribution in [3.8, 4) is 5.75 Å². The molecule has 0 spiro atoms. The predicted molar refractivity (Wildman–Crippen MR) is 114 cm³/mol. The van der Waals surface area contributed by atoms with Gasteiger partial charge in [-0.3, -0.25) is 9.69 Å². The van der Waals surface area contributed by atoms with Gasteiger partial charge in [-0.1, -0.05) is 42.3 Å². The highest BCUT2D eigenvalue weighted by Gasteiger charge is 2.15. The first-order valence-electron chi connectivity index (χ1n) is 10.0. The van der Waals surface area contributed by atoms with Crippen molar-refractivity contribution in [2.24, 2.45) is 0 Å². The van der Waals surface area contributed by atoms with E-state index in [1.807, 2.05) is 19.1 Å². The molecule has 1 saturated heterocycles. The van der Waals surface area contributed by atoms with Crippen LogP contribution in [0, 0.1) is 6.92 Å². The molecule has 2 aromatic carbocycles. The number of nitrogens with one attached hydrogen (secondary N) is 1. The minimum Gasteiger partial charge on any atom is -0.481 e. The lowest BCUT2D eigenvalue weighted by atomic mass is 10.1. The smallest absolute Gasteiger partial charge is 0.261 e. The van der Waals surface area contributed by atoms with Crippen molar-refractivity contribution < 1.29 is 9.53 Å². The number of nitrogens with zero attached hydrogens (tertiary/aromatic N) is 1. The summed E-state index contributed by atoms with van der Waals surface area (Å²) in [6.45, 7) is 7.51. The largest absolute Gasteiger partial charge is 0.481 e. The van der Waals surface area contributed by atoms with Crippen LogP contribution in [0.5, 0.6) is 5.75 Å². The van der Waals surface area contributed by atoms with Crippen LogP contribution in [-0.2, 0) is 17.9 Å². The van der Waals surface area contributed by atoms with E-state index < -0.39 is 6.10 Å². The molecule has 1 atom stereocenters. The summed E-state index contributed by atoms with van der Waals surface area (Å²) in [4.78, 5) is 14.9. The fourth-order valence-electron chi connectivity index (χ4n) is 3.49. The van der Waals surface area contributed by atoms with E-state index in [9.17, 15) is 4.79 Å². The zero-order chi connectivity index (χ0) is 19.9. The number of amides is 1. The first-order valence-corrected chi connectivity index (χ1v) is 10.4. The molecule has 0 radical (unpaired) electrons. The predicted octanol–water partition coefficient (Wildman–Crippen LogP) is 4.72. The SMILES string of the molecule is Cc1cc(O[C@@H](C)C(=O)NCc2cccc(CN3CCCCC3)c2)ccc1Cl. The zero-order valence-electron chi connectivity index (χ0n) is 16.7. The summed E-state index contributed by atoms with van der Waals surface area (Å²) >= 11 is 6.03. The van der Waals surface area contributed by atoms with E-state index in [-0.39, 0.29) is 5.91 Å². The molecule has 1 aliphatic heterocycles. The molecular formula is C23H29ClN2O2. The third-order valence-corrected chi connectivity index (χ3v) is 5.55. The van der Waals surface area contributed by atoms with E-state index in [4.69, 9.17) is 16.3 Å². The van der Waals surface area contributed by atoms with Crippen molar-refractivity contribution in [3.05, 3.63) is 64.2 Å². The minimum atomic E-state index is -0.572. The maximum absolute atomic E-state index is 12.4. The van der Waals surface area contributed by atoms with E-state index >= 15 is 0 Å². The Labute approximate surface area is 172 Å². The lowest BCUT2D eigenvalue weighted by molar-refractivity contribution is -0.127. The Morgan fingerprint density at radius 1 is 1.14 bits per heavy atom. The second-order valence-electron chi connectivity index (χ2n) is 7.55. The summed E-state index contributed by atoms with van der Waals surface area (Å²) < 4.78 is 5.75. The van der Waals surface area contributed by atoms with Crippen molar-refractivity contribution in [2.75, 3.05) is 13.1 Å². The third-order valence-electron chi connectivity index (χ3n) is 5.12. The number of aryl methyl sites for hydroxylation is 1. The Kier molecular flexibility index (Phi) is 7.35. The second-order valence-corrected chi connectivity index (χ2v) is 7.95. The Morgan fingerprint density at radius 2 is 1.89 bits per heavy atom. The Morgan fingerprint density at radius 3 is 2.64 bits per heavy atom. The van der Waals surface area contributed by atoms with Crippen LogP contribution in [0.1, 0.15) is 42.9 Å². The van der Waals surface area contributed by atoms with Crippen LogP contribution < -0.4 is 10.1 Å². The Balaban J connectivity index is 1.50. The fourth-order valence-corrected chi connectivity index (χ4v) is 3.61. The van der Waals surface area contributed by atoms with Crippen LogP contribution in [0.15, 0.2) is 42.5 Å². The lowest BCUT2D eigenvalue weighted by Gasteiger charge is -2.26. The highest BCUT2D eigenvalue weighted by atomic mass is 35.5. The average molecular weight is 401 g/mol. The first-order chi connectivity index (χ1) is 13.5. The number of ether oxygens (including phenoxy) is 1. The van der Waals surface area contributed by atoms with Gasteiger partial charge < -0.3 is 10.1 Å². The molecule has 1 aliphatic rings. The van der Waals surface area contributed by atoms with Crippen molar-refractivity contribution in [3.63, 3.8) is 0 Å². The van der Waals surface area contributed by atoms with Gasteiger partial charge in [-0.2, -0.15) is 0 Å². The van der Waals surface area contributed by atoms with Gasteiger partial charge in [0.15, 0.2) is 6.10 Å². The van der Waals surface area contributed by atoms with Gasteiger partial charge in [0.2, 0.25) is 0 Å². The average Bonchev–Trinajstić information content (AvgIpc) is 2.70. The Hall–Kier alpha value is -2.04. The highest BCUT2D eigenvalue weighted by Crippen LogP contribution is 2.22. The summed E-state index contributed by atoms with van der Waals surface area (Å²) in [5.74, 6) is 0.516. The number of rotatable bonds is 7. The van der Waals surface area contributed by atoms with Crippen LogP contribution in [0.4, 0.5) is 0 Å². The number of halogens is 1. The number of benzene rings is 2. The van der Waals surface area contributed by atoms with Crippen molar-refractivity contribution in [1.82, 2.24) is 10.2 Å². The molecule has 4 nitrogen and oxygen atoms in total. The van der Waals surface area contributed by atoms with E-state index in [1.165, 1.54) is 37.9 Å². The van der Waals surface area contributed by atoms with Gasteiger partial charge in [0.25, 0.3) is 5.91 Å². The maximum atomic E-state index is 12.4. The number of hydrogen-bond donors (Lipinski definition) is 1. The van der Waals surface area contributed by atoms with Crippen LogP contribution in [0.3, 0.4) is 0 Å². The van der Waals surface area contributed by atoms with Gasteiger partial charge in [0, 0.05) is 18.1 Å². The summed E-state index contributed by atoms with van der Waals surface area (Å²) in [5, 5.41) is 3.66. The molecule has 0 saturated carbocycles. The second kappa shape index (κ2) is 9.94. The fraction of sp³-hybridized carbons (Fsp3) is 0.435. The molecule has 0 aromatic heterocycles. The minimum absolute atomic E-state index is 0.131. The van der Waals surface area contributed by atoms with Crippen molar-refractivity contribution in [1.29, 1.82) is 0 Å². The maximum Gasteiger partial charge on any atom is 0.261 e. The standard InChI is InChI=1S/C23H29ClN2O2/c1-17-13-21(9-10-22(17)24)28-18(2)23(27)25-15-19-7-6-8-20(14-19)16-26-11-4-3-5-12-26/h6-10,13-14,18H,3-5,11-12,15-16H2,1-2H3,(H,25,27)/t18-/m0/s1. The van der Waals surface area contributed by atoms with Gasteiger partial charge >= 0.3 is 0 Å². The van der Waals surface area contributed by atoms with Crippen LogP contribution in [0.2, 0.25) is 5.02 Å². The number of likely N-dealkylation sites (tertiary alicyclic amines) is 1. The first kappa shape index (κ1) is 20.7. The summed E-state index contributed by atoms with van der Waals surface area (Å²) in [6.07, 6.45) is 3.36. The zero-order valence-corrected chi connectivity index (χ0v) is 17.5. The molecule has 3 rings (SSSR count). The molecule has 28 heavy (non-hydrogen) atoms. The van der Waals surface area contributed by atoms with Crippen LogP contribution >= 0.6 is 11.6 Å². The van der Waals surface area contributed by atoms with Crippen LogP contribution in [-0.4, -0.2) is 30.0 Å². The molecule has 1 N–H and O–H groups in total. The molecule has 2 aromatic rings. The van der Waals surface area contributed by atoms with E-state index in [0.29, 0.717) is 17.3 Å². The number of piperidine rings is 1. The molecule has 0 unspecified atom stereocenters. The molecule has 0 aliphatic carbocycles. The van der Waals surface area contributed by atoms with Gasteiger partial charge in [-0.25, -0.2) is 0 Å². The molecule has 1 fully saturated rings. The number of carbonyl (C=O) groups excluding carboxylic acids is 1. The van der Waals surface area contributed by atoms with Crippen molar-refractivity contribution in [2.45, 2.75) is 52.3 Å². The quantitative estimate of drug-likeness (QED) is 0.731. The topological polar surface area (TPSA) is 41.6 Å². The van der Waals surface area contributed by atoms with Crippen LogP contribution in [0.25, 0.3) is 0 Å². The van der Waals surface area contributed by atoms with Gasteiger partial charge in [0.05, 0.1) is 0 Å². The summed E-state index contributed by atoms with van der Waals surface area (Å²) in [5.41, 5.74) is 3.34. The Bertz CT molecular complexity index is 803. The summed E-state index contributed by atoms with van der Waals surface area (Å²) in [6, 6.07) is 13.9. The number of hydrogen-bond acceptors (Lipinski definition) is 3. The highest BCUT2D eigenvalue weighted by molar-refractivity contribution is 6.31. The number of carbonyl (C=O) groups is 1. The van der Waals surface area contributed by atoms with Crippen molar-refractivity contribution >= 4 is 17.5 Å². The molecule has 150 valence electrons. The van der Waals surface area contributed by atoms with E-state index in [1.54, 1.807) is 19.1 Å². The lowest BCUT2D eigenvalue weighted by Crippen LogP contribution is -2.36. The molecule has 1 heterocycles. The normalized spacial score (nSPS) is 15.8. The van der Waals surface area contributed by atoms with E-state index in [2.05, 4.69) is 28.4 Å². The van der Waals surface area contributed by atoms with Gasteiger partial charge in [-0.15, -0.1) is 0 Å².